The molecule has 0 bridgehead atoms. The van der Waals surface area contributed by atoms with E-state index in [0.717, 1.165) is 18.7 Å². The van der Waals surface area contributed by atoms with Gasteiger partial charge in [0.15, 0.2) is 0 Å². The molecule has 2 heteroatoms. The summed E-state index contributed by atoms with van der Waals surface area (Å²) in [6.45, 7) is 7.32. The molecule has 0 aromatic carbocycles. The van der Waals surface area contributed by atoms with Crippen LogP contribution in [0.15, 0.2) is 10.5 Å². The Morgan fingerprint density at radius 2 is 2.29 bits per heavy atom. The van der Waals surface area contributed by atoms with Gasteiger partial charge in [0.1, 0.15) is 11.5 Å². The van der Waals surface area contributed by atoms with Crippen LogP contribution in [0.25, 0.3) is 0 Å². The fourth-order valence-electron chi connectivity index (χ4n) is 2.32. The molecule has 0 spiro atoms. The number of hydrogen-bond donors (Lipinski definition) is 1. The summed E-state index contributed by atoms with van der Waals surface area (Å²) < 4.78 is 5.83. The summed E-state index contributed by atoms with van der Waals surface area (Å²) in [4.78, 5) is 0. The van der Waals surface area contributed by atoms with Crippen molar-refractivity contribution >= 4 is 0 Å². The van der Waals surface area contributed by atoms with E-state index in [4.69, 9.17) is 10.2 Å². The van der Waals surface area contributed by atoms with Gasteiger partial charge in [-0.15, -0.1) is 0 Å². The van der Waals surface area contributed by atoms with Gasteiger partial charge in [0.25, 0.3) is 0 Å². The Morgan fingerprint density at radius 1 is 1.57 bits per heavy atom. The zero-order chi connectivity index (χ0) is 10.3. The molecule has 1 heterocycles. The first-order valence-electron chi connectivity index (χ1n) is 5.46. The van der Waals surface area contributed by atoms with Gasteiger partial charge in [-0.3, -0.25) is 0 Å². The van der Waals surface area contributed by atoms with Gasteiger partial charge in [0, 0.05) is 18.3 Å². The minimum atomic E-state index is 0.481. The molecule has 0 fully saturated rings. The Morgan fingerprint density at radius 3 is 2.86 bits per heavy atom. The van der Waals surface area contributed by atoms with Crippen molar-refractivity contribution in [3.05, 3.63) is 23.2 Å². The average molecular weight is 193 g/mol. The highest BCUT2D eigenvalue weighted by Gasteiger charge is 2.32. The fourth-order valence-corrected chi connectivity index (χ4v) is 2.32. The minimum Gasteiger partial charge on any atom is -0.466 e. The van der Waals surface area contributed by atoms with Crippen LogP contribution in [0, 0.1) is 5.92 Å². The summed E-state index contributed by atoms with van der Waals surface area (Å²) >= 11 is 0. The van der Waals surface area contributed by atoms with E-state index in [1.165, 1.54) is 11.3 Å². The molecule has 1 aromatic heterocycles. The number of furan rings is 1. The van der Waals surface area contributed by atoms with E-state index in [1.807, 2.05) is 0 Å². The third kappa shape index (κ3) is 1.38. The van der Waals surface area contributed by atoms with E-state index in [2.05, 4.69) is 26.8 Å². The zero-order valence-electron chi connectivity index (χ0n) is 9.21. The van der Waals surface area contributed by atoms with E-state index in [1.54, 1.807) is 0 Å². The second-order valence-electron chi connectivity index (χ2n) is 4.71. The predicted octanol–water partition coefficient (Wildman–Crippen LogP) is 2.64. The molecule has 0 aliphatic heterocycles. The molecule has 0 saturated heterocycles. The SMILES string of the molecule is CC(C)c1cc2c(o1)CC(C)C2CN. The summed E-state index contributed by atoms with van der Waals surface area (Å²) in [6.07, 6.45) is 1.06. The second kappa shape index (κ2) is 3.43. The van der Waals surface area contributed by atoms with Gasteiger partial charge in [-0.25, -0.2) is 0 Å². The molecule has 1 aliphatic carbocycles. The quantitative estimate of drug-likeness (QED) is 0.784. The maximum Gasteiger partial charge on any atom is 0.108 e. The van der Waals surface area contributed by atoms with Crippen LogP contribution in [0.3, 0.4) is 0 Å². The van der Waals surface area contributed by atoms with Crippen molar-refractivity contribution < 1.29 is 4.42 Å². The van der Waals surface area contributed by atoms with Crippen LogP contribution in [0.5, 0.6) is 0 Å². The molecule has 14 heavy (non-hydrogen) atoms. The van der Waals surface area contributed by atoms with Gasteiger partial charge in [-0.2, -0.15) is 0 Å². The number of nitrogens with two attached hydrogens (primary N) is 1. The molecule has 1 aromatic rings. The zero-order valence-corrected chi connectivity index (χ0v) is 9.21. The second-order valence-corrected chi connectivity index (χ2v) is 4.71. The van der Waals surface area contributed by atoms with Crippen molar-refractivity contribution in [2.45, 2.75) is 39.0 Å². The van der Waals surface area contributed by atoms with Crippen LogP contribution in [0.4, 0.5) is 0 Å². The van der Waals surface area contributed by atoms with Crippen molar-refractivity contribution in [3.8, 4) is 0 Å². The summed E-state index contributed by atoms with van der Waals surface area (Å²) in [7, 11) is 0. The van der Waals surface area contributed by atoms with Crippen LogP contribution in [-0.4, -0.2) is 6.54 Å². The van der Waals surface area contributed by atoms with Gasteiger partial charge in [0.2, 0.25) is 0 Å². The fraction of sp³-hybridized carbons (Fsp3) is 0.667. The highest BCUT2D eigenvalue weighted by molar-refractivity contribution is 5.33. The Labute approximate surface area is 85.5 Å². The Bertz CT molecular complexity index is 327. The first kappa shape index (κ1) is 9.78. The molecular formula is C12H19NO. The highest BCUT2D eigenvalue weighted by atomic mass is 16.3. The van der Waals surface area contributed by atoms with Gasteiger partial charge in [-0.1, -0.05) is 20.8 Å². The molecule has 0 radical (unpaired) electrons. The molecule has 2 N–H and O–H groups in total. The van der Waals surface area contributed by atoms with Crippen LogP contribution in [0.1, 0.15) is 49.7 Å². The molecule has 2 nitrogen and oxygen atoms in total. The summed E-state index contributed by atoms with van der Waals surface area (Å²) in [5.74, 6) is 3.93. The Kier molecular flexibility index (Phi) is 2.40. The Balaban J connectivity index is 2.33. The van der Waals surface area contributed by atoms with E-state index < -0.39 is 0 Å². The van der Waals surface area contributed by atoms with Crippen molar-refractivity contribution in [2.24, 2.45) is 11.7 Å². The normalized spacial score (nSPS) is 25.8. The van der Waals surface area contributed by atoms with Crippen LogP contribution < -0.4 is 5.73 Å². The van der Waals surface area contributed by atoms with Gasteiger partial charge < -0.3 is 10.2 Å². The monoisotopic (exact) mass is 193 g/mol. The lowest BCUT2D eigenvalue weighted by Crippen LogP contribution is -2.15. The summed E-state index contributed by atoms with van der Waals surface area (Å²) in [5.41, 5.74) is 7.15. The predicted molar refractivity (Wildman–Crippen MR) is 57.5 cm³/mol. The lowest BCUT2D eigenvalue weighted by Gasteiger charge is -2.12. The van der Waals surface area contributed by atoms with E-state index in [9.17, 15) is 0 Å². The van der Waals surface area contributed by atoms with Crippen molar-refractivity contribution in [2.75, 3.05) is 6.54 Å². The summed E-state index contributed by atoms with van der Waals surface area (Å²) in [6, 6.07) is 2.21. The van der Waals surface area contributed by atoms with Crippen LogP contribution in [0.2, 0.25) is 0 Å². The Hall–Kier alpha value is -0.760. The van der Waals surface area contributed by atoms with E-state index in [0.29, 0.717) is 17.8 Å². The number of hydrogen-bond acceptors (Lipinski definition) is 2. The molecule has 2 atom stereocenters. The van der Waals surface area contributed by atoms with Crippen molar-refractivity contribution in [1.29, 1.82) is 0 Å². The highest BCUT2D eigenvalue weighted by Crippen LogP contribution is 2.40. The maximum atomic E-state index is 5.83. The minimum absolute atomic E-state index is 0.481. The van der Waals surface area contributed by atoms with Gasteiger partial charge in [-0.05, 0) is 24.1 Å². The van der Waals surface area contributed by atoms with Gasteiger partial charge >= 0.3 is 0 Å². The largest absolute Gasteiger partial charge is 0.466 e. The van der Waals surface area contributed by atoms with Crippen LogP contribution >= 0.6 is 0 Å². The average Bonchev–Trinajstić information content (AvgIpc) is 2.60. The van der Waals surface area contributed by atoms with E-state index >= 15 is 0 Å². The molecule has 78 valence electrons. The molecular weight excluding hydrogens is 174 g/mol. The smallest absolute Gasteiger partial charge is 0.108 e. The first-order chi connectivity index (χ1) is 6.63. The number of rotatable bonds is 2. The molecule has 0 saturated carbocycles. The van der Waals surface area contributed by atoms with Gasteiger partial charge in [0.05, 0.1) is 0 Å². The third-order valence-electron chi connectivity index (χ3n) is 3.28. The first-order valence-corrected chi connectivity index (χ1v) is 5.46. The standard InChI is InChI=1S/C12H19NO/c1-7(2)11-5-9-10(6-13)8(3)4-12(9)14-11/h5,7-8,10H,4,6,13H2,1-3H3. The lowest BCUT2D eigenvalue weighted by atomic mass is 9.94. The third-order valence-corrected chi connectivity index (χ3v) is 3.28. The molecule has 1 aliphatic rings. The maximum absolute atomic E-state index is 5.83. The van der Waals surface area contributed by atoms with Crippen molar-refractivity contribution in [1.82, 2.24) is 0 Å². The van der Waals surface area contributed by atoms with Crippen LogP contribution in [-0.2, 0) is 6.42 Å². The molecule has 0 amide bonds. The number of fused-ring (bicyclic) bond motifs is 1. The lowest BCUT2D eigenvalue weighted by molar-refractivity contribution is 0.423. The molecule has 2 unspecified atom stereocenters. The summed E-state index contributed by atoms with van der Waals surface area (Å²) in [5, 5.41) is 0. The molecule has 2 rings (SSSR count). The topological polar surface area (TPSA) is 39.2 Å². The van der Waals surface area contributed by atoms with E-state index in [-0.39, 0.29) is 0 Å². The van der Waals surface area contributed by atoms with Crippen molar-refractivity contribution in [3.63, 3.8) is 0 Å².